The van der Waals surface area contributed by atoms with Gasteiger partial charge in [0.15, 0.2) is 5.78 Å². The molecule has 1 heterocycles. The van der Waals surface area contributed by atoms with Crippen molar-refractivity contribution < 1.29 is 9.53 Å². The number of ketones is 1. The molecule has 2 aromatic carbocycles. The van der Waals surface area contributed by atoms with E-state index in [9.17, 15) is 14.4 Å². The van der Waals surface area contributed by atoms with Crippen LogP contribution in [0.2, 0.25) is 0 Å². The third-order valence-electron chi connectivity index (χ3n) is 5.05. The van der Waals surface area contributed by atoms with Crippen molar-refractivity contribution >= 4 is 11.6 Å². The number of hydrogen-bond acceptors (Lipinski definition) is 6. The zero-order chi connectivity index (χ0) is 22.5. The predicted molar refractivity (Wildman–Crippen MR) is 120 cm³/mol. The first kappa shape index (κ1) is 22.0. The Balaban J connectivity index is 1.87. The van der Waals surface area contributed by atoms with Gasteiger partial charge in [-0.15, -0.1) is 0 Å². The topological polar surface area (TPSA) is 99.6 Å². The number of carbonyl (C=O) groups excluding carboxylic acids is 1. The summed E-state index contributed by atoms with van der Waals surface area (Å²) >= 11 is 0. The molecule has 8 nitrogen and oxygen atoms in total. The van der Waals surface area contributed by atoms with Crippen LogP contribution in [0.15, 0.2) is 64.2 Å². The Bertz CT molecular complexity index is 1200. The minimum absolute atomic E-state index is 0.0276. The molecule has 1 aromatic heterocycles. The van der Waals surface area contributed by atoms with Crippen molar-refractivity contribution in [3.05, 3.63) is 92.1 Å². The fourth-order valence-corrected chi connectivity index (χ4v) is 3.43. The molecular formula is C23H26N4O4. The summed E-state index contributed by atoms with van der Waals surface area (Å²) in [5.41, 5.74) is 6.54. The molecule has 0 bridgehead atoms. The zero-order valence-electron chi connectivity index (χ0n) is 17.9. The van der Waals surface area contributed by atoms with Crippen molar-refractivity contribution in [2.45, 2.75) is 13.1 Å². The third kappa shape index (κ3) is 4.92. The first-order valence-corrected chi connectivity index (χ1v) is 9.79. The van der Waals surface area contributed by atoms with Crippen LogP contribution in [0.4, 0.5) is 5.82 Å². The van der Waals surface area contributed by atoms with Crippen LogP contribution in [-0.2, 0) is 20.1 Å². The van der Waals surface area contributed by atoms with Crippen LogP contribution >= 0.6 is 0 Å². The standard InChI is InChI=1S/C23H26N4O4/c1-25(13-17-10-7-11-18(12-17)31-3)15-19(28)20-21(24)27(23(30)26(2)22(20)29)14-16-8-5-4-6-9-16/h4-12H,13-15,24H2,1-3H3. The van der Waals surface area contributed by atoms with Gasteiger partial charge in [-0.2, -0.15) is 0 Å². The molecule has 2 N–H and O–H groups in total. The lowest BCUT2D eigenvalue weighted by molar-refractivity contribution is 0.0941. The summed E-state index contributed by atoms with van der Waals surface area (Å²) in [5.74, 6) is 0.172. The molecule has 0 amide bonds. The smallest absolute Gasteiger partial charge is 0.332 e. The average molecular weight is 422 g/mol. The Kier molecular flexibility index (Phi) is 6.71. The Labute approximate surface area is 180 Å². The number of carbonyl (C=O) groups is 1. The Morgan fingerprint density at radius 3 is 2.42 bits per heavy atom. The monoisotopic (exact) mass is 422 g/mol. The molecule has 0 spiro atoms. The summed E-state index contributed by atoms with van der Waals surface area (Å²) in [6, 6.07) is 16.8. The molecular weight excluding hydrogens is 396 g/mol. The molecule has 3 aromatic rings. The molecule has 0 atom stereocenters. The summed E-state index contributed by atoms with van der Waals surface area (Å²) < 4.78 is 7.41. The maximum absolute atomic E-state index is 13.0. The van der Waals surface area contributed by atoms with Crippen molar-refractivity contribution in [3.63, 3.8) is 0 Å². The number of benzene rings is 2. The third-order valence-corrected chi connectivity index (χ3v) is 5.05. The van der Waals surface area contributed by atoms with Gasteiger partial charge >= 0.3 is 5.69 Å². The molecule has 0 aliphatic heterocycles. The van der Waals surface area contributed by atoms with E-state index in [2.05, 4.69) is 0 Å². The van der Waals surface area contributed by atoms with Crippen LogP contribution in [-0.4, -0.2) is 40.5 Å². The molecule has 0 saturated carbocycles. The maximum atomic E-state index is 13.0. The second-order valence-corrected chi connectivity index (χ2v) is 7.43. The highest BCUT2D eigenvalue weighted by atomic mass is 16.5. The molecule has 0 saturated heterocycles. The molecule has 3 rings (SSSR count). The van der Waals surface area contributed by atoms with Crippen LogP contribution in [0.5, 0.6) is 5.75 Å². The van der Waals surface area contributed by atoms with Gasteiger partial charge in [-0.1, -0.05) is 42.5 Å². The highest BCUT2D eigenvalue weighted by Gasteiger charge is 2.22. The normalized spacial score (nSPS) is 11.0. The summed E-state index contributed by atoms with van der Waals surface area (Å²) in [7, 11) is 4.72. The molecule has 162 valence electrons. The van der Waals surface area contributed by atoms with Gasteiger partial charge in [0, 0.05) is 13.6 Å². The quantitative estimate of drug-likeness (QED) is 0.553. The fourth-order valence-electron chi connectivity index (χ4n) is 3.43. The van der Waals surface area contributed by atoms with Crippen molar-refractivity contribution in [1.29, 1.82) is 0 Å². The SMILES string of the molecule is COc1cccc(CN(C)CC(=O)c2c(N)n(Cc3ccccc3)c(=O)n(C)c2=O)c1. The number of nitrogen functional groups attached to an aromatic ring is 1. The van der Waals surface area contributed by atoms with Crippen LogP contribution in [0.1, 0.15) is 21.5 Å². The molecule has 8 heteroatoms. The van der Waals surface area contributed by atoms with Crippen molar-refractivity contribution in [3.8, 4) is 5.75 Å². The van der Waals surface area contributed by atoms with E-state index in [0.29, 0.717) is 6.54 Å². The highest BCUT2D eigenvalue weighted by Crippen LogP contribution is 2.15. The van der Waals surface area contributed by atoms with E-state index in [-0.39, 0.29) is 24.5 Å². The van der Waals surface area contributed by atoms with E-state index < -0.39 is 17.0 Å². The Morgan fingerprint density at radius 1 is 1.06 bits per heavy atom. The summed E-state index contributed by atoms with van der Waals surface area (Å²) in [6.45, 7) is 0.618. The zero-order valence-corrected chi connectivity index (χ0v) is 17.9. The number of methoxy groups -OCH3 is 1. The summed E-state index contributed by atoms with van der Waals surface area (Å²) in [4.78, 5) is 40.1. The average Bonchev–Trinajstić information content (AvgIpc) is 2.76. The van der Waals surface area contributed by atoms with Gasteiger partial charge in [0.1, 0.15) is 17.1 Å². The second-order valence-electron chi connectivity index (χ2n) is 7.43. The first-order chi connectivity index (χ1) is 14.8. The summed E-state index contributed by atoms with van der Waals surface area (Å²) in [5, 5.41) is 0. The number of hydrogen-bond donors (Lipinski definition) is 1. The molecule has 31 heavy (non-hydrogen) atoms. The number of aromatic nitrogens is 2. The first-order valence-electron chi connectivity index (χ1n) is 9.79. The lowest BCUT2D eigenvalue weighted by Gasteiger charge is -2.18. The molecule has 0 unspecified atom stereocenters. The highest BCUT2D eigenvalue weighted by molar-refractivity contribution is 6.01. The van der Waals surface area contributed by atoms with E-state index in [1.54, 1.807) is 19.1 Å². The lowest BCUT2D eigenvalue weighted by atomic mass is 10.1. The van der Waals surface area contributed by atoms with Gasteiger partial charge in [-0.3, -0.25) is 23.6 Å². The van der Waals surface area contributed by atoms with Gasteiger partial charge in [0.05, 0.1) is 20.2 Å². The van der Waals surface area contributed by atoms with E-state index in [4.69, 9.17) is 10.5 Å². The largest absolute Gasteiger partial charge is 0.497 e. The minimum Gasteiger partial charge on any atom is -0.497 e. The Morgan fingerprint density at radius 2 is 1.74 bits per heavy atom. The van der Waals surface area contributed by atoms with Gasteiger partial charge in [0.25, 0.3) is 5.56 Å². The molecule has 0 aliphatic rings. The van der Waals surface area contributed by atoms with E-state index in [1.165, 1.54) is 11.6 Å². The maximum Gasteiger partial charge on any atom is 0.332 e. The Hall–Kier alpha value is -3.65. The number of nitrogens with zero attached hydrogens (tertiary/aromatic N) is 3. The van der Waals surface area contributed by atoms with Crippen molar-refractivity contribution in [2.75, 3.05) is 26.4 Å². The fraction of sp³-hybridized carbons (Fsp3) is 0.261. The summed E-state index contributed by atoms with van der Waals surface area (Å²) in [6.07, 6.45) is 0. The number of ether oxygens (including phenoxy) is 1. The lowest BCUT2D eigenvalue weighted by Crippen LogP contribution is -2.44. The van der Waals surface area contributed by atoms with Crippen molar-refractivity contribution in [1.82, 2.24) is 14.0 Å². The van der Waals surface area contributed by atoms with Gasteiger partial charge in [0.2, 0.25) is 0 Å². The number of likely N-dealkylation sites (N-methyl/N-ethyl adjacent to an activating group) is 1. The minimum atomic E-state index is -0.688. The molecule has 0 aliphatic carbocycles. The van der Waals surface area contributed by atoms with E-state index in [0.717, 1.165) is 21.4 Å². The van der Waals surface area contributed by atoms with E-state index >= 15 is 0 Å². The number of rotatable bonds is 8. The van der Waals surface area contributed by atoms with Gasteiger partial charge in [-0.25, -0.2) is 4.79 Å². The van der Waals surface area contributed by atoms with E-state index in [1.807, 2.05) is 54.6 Å². The van der Waals surface area contributed by atoms with Gasteiger partial charge < -0.3 is 10.5 Å². The molecule has 0 fully saturated rings. The second kappa shape index (κ2) is 9.44. The van der Waals surface area contributed by atoms with Gasteiger partial charge in [-0.05, 0) is 30.3 Å². The molecule has 0 radical (unpaired) electrons. The van der Waals surface area contributed by atoms with Crippen LogP contribution in [0, 0.1) is 0 Å². The van der Waals surface area contributed by atoms with Crippen LogP contribution in [0.25, 0.3) is 0 Å². The van der Waals surface area contributed by atoms with Crippen LogP contribution < -0.4 is 21.7 Å². The number of anilines is 1. The van der Waals surface area contributed by atoms with Crippen LogP contribution in [0.3, 0.4) is 0 Å². The number of nitrogens with two attached hydrogens (primary N) is 1. The number of Topliss-reactive ketones (excluding diaryl/α,β-unsaturated/α-hetero) is 1. The van der Waals surface area contributed by atoms with Crippen molar-refractivity contribution in [2.24, 2.45) is 7.05 Å². The predicted octanol–water partition coefficient (Wildman–Crippen LogP) is 1.50.